The molecule has 1 N–H and O–H groups in total. The minimum Gasteiger partial charge on any atom is -0.306 e. The first-order chi connectivity index (χ1) is 9.38. The zero-order chi connectivity index (χ0) is 14.8. The summed E-state index contributed by atoms with van der Waals surface area (Å²) < 4.78 is 25.1. The third-order valence-corrected chi connectivity index (χ3v) is 4.24. The first kappa shape index (κ1) is 15.0. The highest BCUT2D eigenvalue weighted by Crippen LogP contribution is 2.23. The van der Waals surface area contributed by atoms with Crippen LogP contribution < -0.4 is 5.32 Å². The van der Waals surface area contributed by atoms with Gasteiger partial charge in [-0.3, -0.25) is 4.68 Å². The molecule has 0 amide bonds. The Labute approximate surface area is 122 Å². The molecule has 0 bridgehead atoms. The van der Waals surface area contributed by atoms with Crippen molar-refractivity contribution in [3.63, 3.8) is 0 Å². The lowest BCUT2D eigenvalue weighted by atomic mass is 10.2. The predicted molar refractivity (Wildman–Crippen MR) is 76.1 cm³/mol. The number of aromatic nitrogens is 3. The molecule has 2 rings (SSSR count). The fourth-order valence-corrected chi connectivity index (χ4v) is 3.07. The lowest BCUT2D eigenvalue weighted by Crippen LogP contribution is -2.16. The van der Waals surface area contributed by atoms with Gasteiger partial charge in [-0.2, -0.15) is 5.10 Å². The highest BCUT2D eigenvalue weighted by atomic mass is 35.5. The van der Waals surface area contributed by atoms with Crippen molar-refractivity contribution in [2.75, 3.05) is 6.26 Å². The Morgan fingerprint density at radius 3 is 2.70 bits per heavy atom. The molecule has 0 atom stereocenters. The molecule has 108 valence electrons. The van der Waals surface area contributed by atoms with Crippen LogP contribution in [0.5, 0.6) is 0 Å². The fourth-order valence-electron chi connectivity index (χ4n) is 1.82. The van der Waals surface area contributed by atoms with Crippen molar-refractivity contribution in [3.05, 3.63) is 40.9 Å². The van der Waals surface area contributed by atoms with E-state index < -0.39 is 9.84 Å². The first-order valence-electron chi connectivity index (χ1n) is 5.90. The third-order valence-electron chi connectivity index (χ3n) is 2.71. The number of benzene rings is 1. The molecule has 1 aromatic heterocycles. The lowest BCUT2D eigenvalue weighted by molar-refractivity contribution is 0.597. The van der Waals surface area contributed by atoms with Crippen molar-refractivity contribution in [2.24, 2.45) is 7.05 Å². The maximum atomic E-state index is 11.7. The van der Waals surface area contributed by atoms with Crippen LogP contribution in [0.1, 0.15) is 11.4 Å². The van der Waals surface area contributed by atoms with Gasteiger partial charge >= 0.3 is 0 Å². The zero-order valence-electron chi connectivity index (χ0n) is 11.2. The SMILES string of the molecule is Cn1cnc(CNCc2c(Cl)cccc2S(C)(=O)=O)n1. The molecule has 20 heavy (non-hydrogen) atoms. The Hall–Kier alpha value is -1.44. The minimum absolute atomic E-state index is 0.242. The van der Waals surface area contributed by atoms with Crippen LogP contribution in [0.4, 0.5) is 0 Å². The second-order valence-corrected chi connectivity index (χ2v) is 6.82. The third kappa shape index (κ3) is 3.56. The van der Waals surface area contributed by atoms with E-state index in [2.05, 4.69) is 15.4 Å². The summed E-state index contributed by atoms with van der Waals surface area (Å²) in [5.41, 5.74) is 0.563. The van der Waals surface area contributed by atoms with E-state index in [1.807, 2.05) is 0 Å². The summed E-state index contributed by atoms with van der Waals surface area (Å²) in [7, 11) is -1.52. The van der Waals surface area contributed by atoms with E-state index in [4.69, 9.17) is 11.6 Å². The molecule has 0 fully saturated rings. The van der Waals surface area contributed by atoms with Gasteiger partial charge in [0.1, 0.15) is 6.33 Å². The standard InChI is InChI=1S/C12H15ClN4O2S/c1-17-8-15-12(16-17)7-14-6-9-10(13)4-3-5-11(9)20(2,18)19/h3-5,8,14H,6-7H2,1-2H3. The summed E-state index contributed by atoms with van der Waals surface area (Å²) in [4.78, 5) is 4.32. The molecular weight excluding hydrogens is 300 g/mol. The Bertz CT molecular complexity index is 712. The molecule has 0 saturated carbocycles. The summed E-state index contributed by atoms with van der Waals surface area (Å²) in [6.07, 6.45) is 2.77. The van der Waals surface area contributed by atoms with Crippen molar-refractivity contribution >= 4 is 21.4 Å². The number of aryl methyl sites for hydroxylation is 1. The number of nitrogens with zero attached hydrogens (tertiary/aromatic N) is 3. The van der Waals surface area contributed by atoms with E-state index in [0.29, 0.717) is 29.5 Å². The monoisotopic (exact) mass is 314 g/mol. The Balaban J connectivity index is 2.13. The van der Waals surface area contributed by atoms with Gasteiger partial charge in [-0.1, -0.05) is 17.7 Å². The highest BCUT2D eigenvalue weighted by molar-refractivity contribution is 7.90. The van der Waals surface area contributed by atoms with Crippen molar-refractivity contribution in [3.8, 4) is 0 Å². The van der Waals surface area contributed by atoms with Crippen LogP contribution in [0.25, 0.3) is 0 Å². The topological polar surface area (TPSA) is 76.9 Å². The molecule has 8 heteroatoms. The first-order valence-corrected chi connectivity index (χ1v) is 8.17. The predicted octanol–water partition coefficient (Wildman–Crippen LogP) is 1.16. The maximum Gasteiger partial charge on any atom is 0.175 e. The van der Waals surface area contributed by atoms with Crippen LogP contribution in [0.15, 0.2) is 29.4 Å². The highest BCUT2D eigenvalue weighted by Gasteiger charge is 2.15. The quantitative estimate of drug-likeness (QED) is 0.896. The van der Waals surface area contributed by atoms with Crippen molar-refractivity contribution in [2.45, 2.75) is 18.0 Å². The molecule has 0 aliphatic heterocycles. The largest absolute Gasteiger partial charge is 0.306 e. The average Bonchev–Trinajstić information content (AvgIpc) is 2.76. The second-order valence-electron chi connectivity index (χ2n) is 4.43. The molecule has 0 saturated heterocycles. The van der Waals surface area contributed by atoms with Crippen LogP contribution in [0.2, 0.25) is 5.02 Å². The number of nitrogens with one attached hydrogen (secondary N) is 1. The summed E-state index contributed by atoms with van der Waals surface area (Å²) in [5, 5.41) is 7.65. The molecule has 0 aliphatic carbocycles. The molecule has 0 aliphatic rings. The fraction of sp³-hybridized carbons (Fsp3) is 0.333. The number of hydrogen-bond donors (Lipinski definition) is 1. The number of sulfone groups is 1. The van der Waals surface area contributed by atoms with Crippen LogP contribution in [-0.4, -0.2) is 29.4 Å². The van der Waals surface area contributed by atoms with Crippen LogP contribution >= 0.6 is 11.6 Å². The second kappa shape index (κ2) is 5.90. The van der Waals surface area contributed by atoms with E-state index in [1.165, 1.54) is 6.26 Å². The molecule has 0 radical (unpaired) electrons. The van der Waals surface area contributed by atoms with Gasteiger partial charge in [0.2, 0.25) is 0 Å². The van der Waals surface area contributed by atoms with Gasteiger partial charge in [0.05, 0.1) is 11.4 Å². The Morgan fingerprint density at radius 1 is 1.35 bits per heavy atom. The van der Waals surface area contributed by atoms with Crippen molar-refractivity contribution in [1.82, 2.24) is 20.1 Å². The molecule has 6 nitrogen and oxygen atoms in total. The van der Waals surface area contributed by atoms with Gasteiger partial charge in [0, 0.05) is 30.4 Å². The van der Waals surface area contributed by atoms with Gasteiger partial charge in [0.15, 0.2) is 15.7 Å². The normalized spacial score (nSPS) is 11.8. The van der Waals surface area contributed by atoms with Crippen LogP contribution in [-0.2, 0) is 30.0 Å². The van der Waals surface area contributed by atoms with E-state index in [0.717, 1.165) is 0 Å². The van der Waals surface area contributed by atoms with Crippen LogP contribution in [0, 0.1) is 0 Å². The summed E-state index contributed by atoms with van der Waals surface area (Å²) in [6.45, 7) is 0.773. The number of rotatable bonds is 5. The van der Waals surface area contributed by atoms with E-state index in [1.54, 1.807) is 36.3 Å². The van der Waals surface area contributed by atoms with Crippen LogP contribution in [0.3, 0.4) is 0 Å². The van der Waals surface area contributed by atoms with E-state index in [-0.39, 0.29) is 4.90 Å². The minimum atomic E-state index is -3.31. The Kier molecular flexibility index (Phi) is 4.42. The Morgan fingerprint density at radius 2 is 2.10 bits per heavy atom. The molecule has 0 unspecified atom stereocenters. The molecule has 2 aromatic rings. The van der Waals surface area contributed by atoms with Gasteiger partial charge < -0.3 is 5.32 Å². The summed E-state index contributed by atoms with van der Waals surface area (Å²) in [5.74, 6) is 0.639. The van der Waals surface area contributed by atoms with Crippen molar-refractivity contribution in [1.29, 1.82) is 0 Å². The van der Waals surface area contributed by atoms with Gasteiger partial charge in [0.25, 0.3) is 0 Å². The molecule has 0 spiro atoms. The number of halogens is 1. The zero-order valence-corrected chi connectivity index (χ0v) is 12.7. The lowest BCUT2D eigenvalue weighted by Gasteiger charge is -2.10. The number of hydrogen-bond acceptors (Lipinski definition) is 5. The summed E-state index contributed by atoms with van der Waals surface area (Å²) in [6, 6.07) is 4.85. The molecule has 1 heterocycles. The van der Waals surface area contributed by atoms with Gasteiger partial charge in [-0.15, -0.1) is 0 Å². The molecule has 1 aromatic carbocycles. The smallest absolute Gasteiger partial charge is 0.175 e. The molecular formula is C12H15ClN4O2S. The van der Waals surface area contributed by atoms with E-state index >= 15 is 0 Å². The van der Waals surface area contributed by atoms with Gasteiger partial charge in [-0.25, -0.2) is 13.4 Å². The van der Waals surface area contributed by atoms with Crippen molar-refractivity contribution < 1.29 is 8.42 Å². The maximum absolute atomic E-state index is 11.7. The van der Waals surface area contributed by atoms with E-state index in [9.17, 15) is 8.42 Å². The van der Waals surface area contributed by atoms with Gasteiger partial charge in [-0.05, 0) is 12.1 Å². The summed E-state index contributed by atoms with van der Waals surface area (Å²) >= 11 is 6.08. The average molecular weight is 315 g/mol.